The lowest BCUT2D eigenvalue weighted by molar-refractivity contribution is -0.883. The first-order valence-corrected chi connectivity index (χ1v) is 14.9. The lowest BCUT2D eigenvalue weighted by atomic mass is 9.53. The molecule has 3 heterocycles. The molecule has 9 nitrogen and oxygen atoms in total. The average Bonchev–Trinajstić information content (AvgIpc) is 3.54. The number of aromatic nitrogens is 1. The minimum Gasteiger partial charge on any atom is -0.454 e. The monoisotopic (exact) mass is 555 g/mol. The quantitative estimate of drug-likeness (QED) is 0.534. The van der Waals surface area contributed by atoms with Gasteiger partial charge in [-0.3, -0.25) is 14.9 Å². The molecule has 6 rings (SSSR count). The van der Waals surface area contributed by atoms with E-state index in [1.165, 1.54) is 21.1 Å². The fraction of sp³-hybridized carbons (Fsp3) is 0.621. The number of amides is 2. The maximum atomic E-state index is 13.4. The summed E-state index contributed by atoms with van der Waals surface area (Å²) in [7, 11) is 2.17. The summed E-state index contributed by atoms with van der Waals surface area (Å²) in [6.45, 7) is 10.1. The number of nitrogens with one attached hydrogen (secondary N) is 2. The molecular formula is C29H39N4O5S+. The predicted octanol–water partition coefficient (Wildman–Crippen LogP) is 2.17. The number of benzene rings is 1. The van der Waals surface area contributed by atoms with Gasteiger partial charge >= 0.3 is 0 Å². The van der Waals surface area contributed by atoms with Crippen LogP contribution in [-0.4, -0.2) is 72.9 Å². The number of hydrogen-bond acceptors (Lipinski definition) is 7. The maximum absolute atomic E-state index is 13.4. The van der Waals surface area contributed by atoms with Gasteiger partial charge < -0.3 is 24.4 Å². The lowest BCUT2D eigenvalue weighted by Crippen LogP contribution is -3.12. The molecule has 39 heavy (non-hydrogen) atoms. The maximum Gasteiger partial charge on any atom is 0.257 e. The van der Waals surface area contributed by atoms with Gasteiger partial charge in [0.05, 0.1) is 45.0 Å². The second-order valence-electron chi connectivity index (χ2n) is 12.3. The number of anilines is 1. The molecule has 6 atom stereocenters. The van der Waals surface area contributed by atoms with E-state index in [1.807, 2.05) is 11.8 Å². The third kappa shape index (κ3) is 4.70. The number of quaternary nitrogens is 1. The molecular weight excluding hydrogens is 516 g/mol. The van der Waals surface area contributed by atoms with E-state index in [-0.39, 0.29) is 47.7 Å². The highest BCUT2D eigenvalue weighted by Crippen LogP contribution is 2.57. The summed E-state index contributed by atoms with van der Waals surface area (Å²) in [4.78, 5) is 35.9. The molecule has 2 fully saturated rings. The second kappa shape index (κ2) is 10.1. The highest BCUT2D eigenvalue weighted by atomic mass is 32.1. The number of fused-ring (bicyclic) bond motifs is 3. The molecule has 0 radical (unpaired) electrons. The number of aliphatic hydroxyl groups is 1. The van der Waals surface area contributed by atoms with Gasteiger partial charge in [0.1, 0.15) is 0 Å². The second-order valence-corrected chi connectivity index (χ2v) is 13.3. The van der Waals surface area contributed by atoms with E-state index in [0.717, 1.165) is 51.1 Å². The minimum atomic E-state index is -0.572. The normalized spacial score (nSPS) is 30.8. The van der Waals surface area contributed by atoms with E-state index in [4.69, 9.17) is 14.5 Å². The fourth-order valence-corrected chi connectivity index (χ4v) is 8.65. The van der Waals surface area contributed by atoms with Crippen molar-refractivity contribution in [3.63, 3.8) is 0 Å². The van der Waals surface area contributed by atoms with Crippen LogP contribution in [0.5, 0.6) is 11.5 Å². The van der Waals surface area contributed by atoms with E-state index < -0.39 is 6.10 Å². The Morgan fingerprint density at radius 3 is 2.77 bits per heavy atom. The molecule has 2 aliphatic carbocycles. The van der Waals surface area contributed by atoms with Gasteiger partial charge in [0, 0.05) is 22.3 Å². The summed E-state index contributed by atoms with van der Waals surface area (Å²) < 4.78 is 10.8. The van der Waals surface area contributed by atoms with Gasteiger partial charge in [-0.1, -0.05) is 20.8 Å². The van der Waals surface area contributed by atoms with E-state index in [2.05, 4.69) is 26.2 Å². The van der Waals surface area contributed by atoms with Gasteiger partial charge in [-0.15, -0.1) is 11.3 Å². The number of hydrogen-bond donors (Lipinski definition) is 3. The summed E-state index contributed by atoms with van der Waals surface area (Å²) in [5, 5.41) is 15.3. The van der Waals surface area contributed by atoms with Crippen molar-refractivity contribution in [2.75, 3.05) is 45.3 Å². The fourth-order valence-electron chi connectivity index (χ4n) is 7.39. The van der Waals surface area contributed by atoms with Gasteiger partial charge in [-0.25, -0.2) is 4.98 Å². The number of thiazole rings is 1. The van der Waals surface area contributed by atoms with E-state index in [9.17, 15) is 14.7 Å². The van der Waals surface area contributed by atoms with Crippen molar-refractivity contribution in [2.24, 2.45) is 23.2 Å². The molecule has 0 bridgehead atoms. The Kier molecular flexibility index (Phi) is 6.84. The number of likely N-dealkylation sites (N-methyl/N-ethyl adjacent to an activating group) is 1. The third-order valence-electron chi connectivity index (χ3n) is 9.74. The Morgan fingerprint density at radius 1 is 1.26 bits per heavy atom. The molecule has 3 N–H and O–H groups in total. The van der Waals surface area contributed by atoms with Crippen LogP contribution >= 0.6 is 11.3 Å². The molecule has 1 aromatic heterocycles. The molecule has 1 aromatic carbocycles. The van der Waals surface area contributed by atoms with Crippen molar-refractivity contribution in [3.8, 4) is 11.5 Å². The van der Waals surface area contributed by atoms with E-state index >= 15 is 0 Å². The van der Waals surface area contributed by atoms with Crippen LogP contribution in [0.25, 0.3) is 0 Å². The van der Waals surface area contributed by atoms with Crippen molar-refractivity contribution in [1.29, 1.82) is 0 Å². The molecule has 2 amide bonds. The Balaban J connectivity index is 1.18. The molecule has 10 heteroatoms. The third-order valence-corrected chi connectivity index (χ3v) is 10.7. The molecule has 4 aliphatic rings. The summed E-state index contributed by atoms with van der Waals surface area (Å²) in [6.07, 6.45) is 2.05. The number of ether oxygens (including phenoxy) is 2. The average molecular weight is 556 g/mol. The number of carbonyl (C=O) groups is 2. The van der Waals surface area contributed by atoms with Crippen LogP contribution in [0.4, 0.5) is 5.13 Å². The Bertz CT molecular complexity index is 1270. The van der Waals surface area contributed by atoms with Gasteiger partial charge in [-0.05, 0) is 54.7 Å². The van der Waals surface area contributed by atoms with E-state index in [0.29, 0.717) is 22.2 Å². The standard InChI is InChI=1S/C29H38N4O5S/c1-16(27(36)33-11-9-32(4)10-12-33)19-7-8-29(3)14-22-24(17(2)23(29)25(19)34)30-28(39-22)31-26(35)18-5-6-20-21(13-18)38-15-37-20/h5-6,13,16-17,19,23,25,34H,7-12,14-15H2,1-4H3,(H,30,31,35)/p+1/t16-,17-,19-,23+,25-,29-/m0/s1. The van der Waals surface area contributed by atoms with Crippen molar-refractivity contribution >= 4 is 28.3 Å². The van der Waals surface area contributed by atoms with E-state index in [1.54, 1.807) is 18.2 Å². The van der Waals surface area contributed by atoms with Crippen molar-refractivity contribution in [1.82, 2.24) is 9.88 Å². The largest absolute Gasteiger partial charge is 0.454 e. The summed E-state index contributed by atoms with van der Waals surface area (Å²) in [5.74, 6) is 0.915. The van der Waals surface area contributed by atoms with Gasteiger partial charge in [-0.2, -0.15) is 0 Å². The van der Waals surface area contributed by atoms with Crippen LogP contribution < -0.4 is 19.7 Å². The number of nitrogens with zero attached hydrogens (tertiary/aromatic N) is 2. The van der Waals surface area contributed by atoms with Crippen molar-refractivity contribution in [2.45, 2.75) is 52.1 Å². The van der Waals surface area contributed by atoms with Crippen LogP contribution in [0.2, 0.25) is 0 Å². The SMILES string of the molecule is C[C@H](C(=O)N1CC[NH+](C)CC1)[C@@H]1CC[C@@]2(C)Cc3sc(NC(=O)c4ccc5c(c4)OCO5)nc3[C@@H](C)[C@@H]2[C@H]1O. The highest BCUT2D eigenvalue weighted by molar-refractivity contribution is 7.15. The van der Waals surface area contributed by atoms with Gasteiger partial charge in [0.2, 0.25) is 12.7 Å². The Labute approximate surface area is 233 Å². The summed E-state index contributed by atoms with van der Waals surface area (Å²) in [5.41, 5.74) is 1.37. The summed E-state index contributed by atoms with van der Waals surface area (Å²) >= 11 is 1.53. The number of aliphatic hydroxyl groups excluding tert-OH is 1. The first kappa shape index (κ1) is 26.5. The smallest absolute Gasteiger partial charge is 0.257 e. The van der Waals surface area contributed by atoms with Crippen molar-refractivity contribution in [3.05, 3.63) is 34.3 Å². The zero-order valence-corrected chi connectivity index (χ0v) is 24.0. The van der Waals surface area contributed by atoms with Crippen LogP contribution in [0.1, 0.15) is 60.5 Å². The Morgan fingerprint density at radius 2 is 2.00 bits per heavy atom. The predicted molar refractivity (Wildman–Crippen MR) is 147 cm³/mol. The molecule has 2 aromatic rings. The molecule has 1 saturated carbocycles. The van der Waals surface area contributed by atoms with Gasteiger partial charge in [0.25, 0.3) is 5.91 Å². The number of rotatable bonds is 4. The van der Waals surface area contributed by atoms with Gasteiger partial charge in [0.15, 0.2) is 16.6 Å². The Hall–Kier alpha value is -2.69. The number of carbonyl (C=O) groups excluding carboxylic acids is 2. The highest BCUT2D eigenvalue weighted by Gasteiger charge is 2.54. The lowest BCUT2D eigenvalue weighted by Gasteiger charge is -2.53. The van der Waals surface area contributed by atoms with Crippen molar-refractivity contribution < 1.29 is 29.1 Å². The molecule has 0 spiro atoms. The molecule has 2 aliphatic heterocycles. The summed E-state index contributed by atoms with van der Waals surface area (Å²) in [6, 6.07) is 5.15. The molecule has 0 unspecified atom stereocenters. The first-order chi connectivity index (χ1) is 18.6. The molecule has 1 saturated heterocycles. The topological polar surface area (TPSA) is 105 Å². The van der Waals surface area contributed by atoms with Crippen LogP contribution in [0.3, 0.4) is 0 Å². The molecule has 210 valence electrons. The zero-order chi connectivity index (χ0) is 27.5. The van der Waals surface area contributed by atoms with Crippen LogP contribution in [0.15, 0.2) is 18.2 Å². The van der Waals surface area contributed by atoms with Crippen LogP contribution in [0, 0.1) is 23.2 Å². The first-order valence-electron chi connectivity index (χ1n) is 14.1. The van der Waals surface area contributed by atoms with Crippen LogP contribution in [-0.2, 0) is 11.2 Å². The minimum absolute atomic E-state index is 0.00967. The number of piperazine rings is 1. The zero-order valence-electron chi connectivity index (χ0n) is 23.2.